The third kappa shape index (κ3) is 4.63. The van der Waals surface area contributed by atoms with Gasteiger partial charge >= 0.3 is 0 Å². The average molecular weight is 418 g/mol. The molecule has 6 heteroatoms. The van der Waals surface area contributed by atoms with Gasteiger partial charge in [-0.15, -0.1) is 0 Å². The van der Waals surface area contributed by atoms with E-state index in [0.29, 0.717) is 24.7 Å². The molecule has 0 aliphatic carbocycles. The Labute approximate surface area is 182 Å². The Morgan fingerprint density at radius 1 is 1.16 bits per heavy atom. The summed E-state index contributed by atoms with van der Waals surface area (Å²) in [7, 11) is 1.60. The third-order valence-corrected chi connectivity index (χ3v) is 5.60. The van der Waals surface area contributed by atoms with Crippen LogP contribution < -0.4 is 9.47 Å². The van der Waals surface area contributed by atoms with Gasteiger partial charge in [0.25, 0.3) is 0 Å². The average Bonchev–Trinajstić information content (AvgIpc) is 3.13. The van der Waals surface area contributed by atoms with Crippen LogP contribution in [0.2, 0.25) is 0 Å². The molecule has 3 aromatic rings. The molecule has 6 nitrogen and oxygen atoms in total. The number of ether oxygens (including phenoxy) is 2. The molecular weight excluding hydrogens is 392 g/mol. The number of hydrogen-bond acceptors (Lipinski definition) is 5. The lowest BCUT2D eigenvalue weighted by Gasteiger charge is -2.27. The van der Waals surface area contributed by atoms with Gasteiger partial charge < -0.3 is 18.9 Å². The predicted octanol–water partition coefficient (Wildman–Crippen LogP) is 4.48. The lowest BCUT2D eigenvalue weighted by atomic mass is 10.00. The maximum Gasteiger partial charge on any atom is 0.246 e. The standard InChI is InChI=1S/C25H26N2O4/c1-17-22(18(2)31-26-17)16-30-23-10-8-19(14-24(23)29-3)9-11-25(28)27-13-12-20-6-4-5-7-21(20)15-27/h4-11,14H,12-13,15-16H2,1-3H3/b11-9+. The summed E-state index contributed by atoms with van der Waals surface area (Å²) in [6, 6.07) is 13.9. The fourth-order valence-corrected chi connectivity index (χ4v) is 3.72. The van der Waals surface area contributed by atoms with Gasteiger partial charge in [-0.2, -0.15) is 0 Å². The Bertz CT molecular complexity index is 1100. The minimum absolute atomic E-state index is 0.00667. The van der Waals surface area contributed by atoms with E-state index in [2.05, 4.69) is 17.3 Å². The Morgan fingerprint density at radius 3 is 2.71 bits per heavy atom. The SMILES string of the molecule is COc1cc(/C=C/C(=O)N2CCc3ccccc3C2)ccc1OCc1c(C)noc1C. The smallest absolute Gasteiger partial charge is 0.246 e. The van der Waals surface area contributed by atoms with Crippen LogP contribution in [0.3, 0.4) is 0 Å². The first-order valence-electron chi connectivity index (χ1n) is 10.3. The van der Waals surface area contributed by atoms with Crippen LogP contribution in [0.5, 0.6) is 11.5 Å². The molecule has 4 rings (SSSR count). The summed E-state index contributed by atoms with van der Waals surface area (Å²) < 4.78 is 16.6. The van der Waals surface area contributed by atoms with Crippen LogP contribution in [0.4, 0.5) is 0 Å². The molecule has 1 aromatic heterocycles. The Morgan fingerprint density at radius 2 is 1.97 bits per heavy atom. The van der Waals surface area contributed by atoms with Crippen molar-refractivity contribution in [3.05, 3.63) is 82.2 Å². The number of methoxy groups -OCH3 is 1. The third-order valence-electron chi connectivity index (χ3n) is 5.60. The van der Waals surface area contributed by atoms with E-state index < -0.39 is 0 Å². The summed E-state index contributed by atoms with van der Waals surface area (Å²) >= 11 is 0. The van der Waals surface area contributed by atoms with Crippen molar-refractivity contribution >= 4 is 12.0 Å². The topological polar surface area (TPSA) is 64.8 Å². The summed E-state index contributed by atoms with van der Waals surface area (Å²) in [6.07, 6.45) is 4.32. The van der Waals surface area contributed by atoms with Gasteiger partial charge in [-0.3, -0.25) is 4.79 Å². The second kappa shape index (κ2) is 9.08. The van der Waals surface area contributed by atoms with Crippen molar-refractivity contribution in [2.75, 3.05) is 13.7 Å². The molecule has 0 N–H and O–H groups in total. The van der Waals surface area contributed by atoms with E-state index in [1.807, 2.05) is 55.2 Å². The highest BCUT2D eigenvalue weighted by Crippen LogP contribution is 2.30. The number of aryl methyl sites for hydroxylation is 2. The first-order valence-corrected chi connectivity index (χ1v) is 10.3. The Balaban J connectivity index is 1.42. The molecule has 0 spiro atoms. The van der Waals surface area contributed by atoms with E-state index in [-0.39, 0.29) is 5.91 Å². The summed E-state index contributed by atoms with van der Waals surface area (Å²) in [5, 5.41) is 3.95. The zero-order chi connectivity index (χ0) is 21.8. The van der Waals surface area contributed by atoms with Crippen molar-refractivity contribution in [3.8, 4) is 11.5 Å². The highest BCUT2D eigenvalue weighted by molar-refractivity contribution is 5.92. The van der Waals surface area contributed by atoms with Gasteiger partial charge in [-0.25, -0.2) is 0 Å². The zero-order valence-electron chi connectivity index (χ0n) is 18.1. The van der Waals surface area contributed by atoms with E-state index in [4.69, 9.17) is 14.0 Å². The van der Waals surface area contributed by atoms with Crippen molar-refractivity contribution in [2.24, 2.45) is 0 Å². The first-order chi connectivity index (χ1) is 15.0. The number of benzene rings is 2. The number of aromatic nitrogens is 1. The first kappa shape index (κ1) is 20.7. The van der Waals surface area contributed by atoms with Gasteiger partial charge in [-0.05, 0) is 55.2 Å². The Kier molecular flexibility index (Phi) is 6.07. The summed E-state index contributed by atoms with van der Waals surface area (Å²) in [5.41, 5.74) is 5.16. The molecule has 2 heterocycles. The molecule has 0 saturated heterocycles. The minimum Gasteiger partial charge on any atom is -0.493 e. The molecule has 160 valence electrons. The molecule has 0 fully saturated rings. The van der Waals surface area contributed by atoms with Crippen molar-refractivity contribution in [3.63, 3.8) is 0 Å². The van der Waals surface area contributed by atoms with Gasteiger partial charge in [-0.1, -0.05) is 35.5 Å². The summed E-state index contributed by atoms with van der Waals surface area (Å²) in [4.78, 5) is 14.5. The van der Waals surface area contributed by atoms with Crippen molar-refractivity contribution in [2.45, 2.75) is 33.4 Å². The molecule has 2 aromatic carbocycles. The largest absolute Gasteiger partial charge is 0.493 e. The van der Waals surface area contributed by atoms with Crippen LogP contribution in [0.15, 0.2) is 53.1 Å². The highest BCUT2D eigenvalue weighted by atomic mass is 16.5. The molecule has 1 aliphatic rings. The molecule has 0 radical (unpaired) electrons. The van der Waals surface area contributed by atoms with E-state index in [1.165, 1.54) is 11.1 Å². The lowest BCUT2D eigenvalue weighted by molar-refractivity contribution is -0.126. The second-order valence-corrected chi connectivity index (χ2v) is 7.61. The molecule has 1 aliphatic heterocycles. The van der Waals surface area contributed by atoms with Gasteiger partial charge in [0.05, 0.1) is 18.4 Å². The predicted molar refractivity (Wildman–Crippen MR) is 118 cm³/mol. The second-order valence-electron chi connectivity index (χ2n) is 7.61. The van der Waals surface area contributed by atoms with Crippen LogP contribution in [0.25, 0.3) is 6.08 Å². The molecule has 1 amide bonds. The van der Waals surface area contributed by atoms with Gasteiger partial charge in [0.15, 0.2) is 11.5 Å². The highest BCUT2D eigenvalue weighted by Gasteiger charge is 2.18. The van der Waals surface area contributed by atoms with Gasteiger partial charge in [0, 0.05) is 19.2 Å². The van der Waals surface area contributed by atoms with Crippen LogP contribution in [-0.4, -0.2) is 29.6 Å². The summed E-state index contributed by atoms with van der Waals surface area (Å²) in [5.74, 6) is 1.98. The lowest BCUT2D eigenvalue weighted by Crippen LogP contribution is -2.34. The maximum absolute atomic E-state index is 12.7. The van der Waals surface area contributed by atoms with Crippen LogP contribution in [0, 0.1) is 13.8 Å². The van der Waals surface area contributed by atoms with Crippen LogP contribution >= 0.6 is 0 Å². The maximum atomic E-state index is 12.7. The fraction of sp³-hybridized carbons (Fsp3) is 0.280. The van der Waals surface area contributed by atoms with E-state index in [9.17, 15) is 4.79 Å². The fourth-order valence-electron chi connectivity index (χ4n) is 3.72. The number of amides is 1. The number of nitrogens with zero attached hydrogens (tertiary/aromatic N) is 2. The summed E-state index contributed by atoms with van der Waals surface area (Å²) in [6.45, 7) is 5.48. The zero-order valence-corrected chi connectivity index (χ0v) is 18.1. The molecule has 31 heavy (non-hydrogen) atoms. The quantitative estimate of drug-likeness (QED) is 0.553. The monoisotopic (exact) mass is 418 g/mol. The van der Waals surface area contributed by atoms with Crippen molar-refractivity contribution in [1.82, 2.24) is 10.1 Å². The molecule has 0 saturated carbocycles. The molecule has 0 atom stereocenters. The van der Waals surface area contributed by atoms with E-state index >= 15 is 0 Å². The molecule has 0 unspecified atom stereocenters. The molecule has 0 bridgehead atoms. The van der Waals surface area contributed by atoms with Gasteiger partial charge in [0.1, 0.15) is 12.4 Å². The van der Waals surface area contributed by atoms with Gasteiger partial charge in [0.2, 0.25) is 5.91 Å². The van der Waals surface area contributed by atoms with Crippen molar-refractivity contribution in [1.29, 1.82) is 0 Å². The number of fused-ring (bicyclic) bond motifs is 1. The van der Waals surface area contributed by atoms with E-state index in [0.717, 1.165) is 35.5 Å². The Hall–Kier alpha value is -3.54. The number of rotatable bonds is 6. The number of carbonyl (C=O) groups excluding carboxylic acids is 1. The van der Waals surface area contributed by atoms with Crippen molar-refractivity contribution < 1.29 is 18.8 Å². The number of hydrogen-bond donors (Lipinski definition) is 0. The van der Waals surface area contributed by atoms with Crippen LogP contribution in [-0.2, 0) is 24.4 Å². The van der Waals surface area contributed by atoms with E-state index in [1.54, 1.807) is 13.2 Å². The van der Waals surface area contributed by atoms with Crippen LogP contribution in [0.1, 0.15) is 33.7 Å². The normalized spacial score (nSPS) is 13.3. The minimum atomic E-state index is 0.00667. The molecular formula is C25H26N2O4. The number of carbonyl (C=O) groups is 1.